The van der Waals surface area contributed by atoms with Crippen LogP contribution >= 0.6 is 24.0 Å². The lowest BCUT2D eigenvalue weighted by atomic mass is 10.1. The second-order valence-corrected chi connectivity index (χ2v) is 5.91. The van der Waals surface area contributed by atoms with E-state index in [-0.39, 0.29) is 11.9 Å². The lowest BCUT2D eigenvalue weighted by Gasteiger charge is -2.01. The number of carbonyl (C=O) groups excluding carboxylic acids is 2. The summed E-state index contributed by atoms with van der Waals surface area (Å²) in [5.74, 6) is 0.599. The zero-order valence-electron chi connectivity index (χ0n) is 10.8. The number of hydrogen-bond acceptors (Lipinski definition) is 5. The molecule has 1 saturated carbocycles. The Labute approximate surface area is 121 Å². The first-order chi connectivity index (χ1) is 9.15. The van der Waals surface area contributed by atoms with Gasteiger partial charge in [0.1, 0.15) is 4.88 Å². The molecule has 6 heteroatoms. The number of hydrogen-bond donors (Lipinski definition) is 2. The second kappa shape index (κ2) is 6.43. The molecule has 19 heavy (non-hydrogen) atoms. The van der Waals surface area contributed by atoms with Crippen molar-refractivity contribution in [1.29, 1.82) is 0 Å². The Hall–Kier alpha value is -1.01. The third kappa shape index (κ3) is 3.73. The van der Waals surface area contributed by atoms with Crippen LogP contribution in [0.25, 0.3) is 0 Å². The standard InChI is InChI=1S/C13H17NO3S2/c1-2-17-13(16)12-9(8-3-4-8)7-11(19-12)14-10(15)5-6-18/h7-8,18H,2-6H2,1H3,(H,14,15). The minimum absolute atomic E-state index is 0.0750. The number of anilines is 1. The van der Waals surface area contributed by atoms with Gasteiger partial charge in [0.05, 0.1) is 11.6 Å². The van der Waals surface area contributed by atoms with Crippen molar-refractivity contribution in [3.8, 4) is 0 Å². The van der Waals surface area contributed by atoms with Crippen molar-refractivity contribution in [2.24, 2.45) is 0 Å². The van der Waals surface area contributed by atoms with Crippen LogP contribution in [0.1, 0.15) is 47.3 Å². The molecule has 4 nitrogen and oxygen atoms in total. The molecule has 0 aliphatic heterocycles. The molecular weight excluding hydrogens is 282 g/mol. The Morgan fingerprint density at radius 2 is 2.26 bits per heavy atom. The normalized spacial score (nSPS) is 14.2. The van der Waals surface area contributed by atoms with Gasteiger partial charge in [0, 0.05) is 6.42 Å². The van der Waals surface area contributed by atoms with Crippen LogP contribution < -0.4 is 5.32 Å². The number of ether oxygens (including phenoxy) is 1. The monoisotopic (exact) mass is 299 g/mol. The third-order valence-electron chi connectivity index (χ3n) is 2.84. The van der Waals surface area contributed by atoms with Crippen molar-refractivity contribution in [2.75, 3.05) is 17.7 Å². The minimum Gasteiger partial charge on any atom is -0.462 e. The summed E-state index contributed by atoms with van der Waals surface area (Å²) >= 11 is 5.32. The first-order valence-corrected chi connectivity index (χ1v) is 7.82. The van der Waals surface area contributed by atoms with Crippen molar-refractivity contribution < 1.29 is 14.3 Å². The van der Waals surface area contributed by atoms with Crippen molar-refractivity contribution in [3.05, 3.63) is 16.5 Å². The van der Waals surface area contributed by atoms with E-state index in [0.29, 0.717) is 29.6 Å². The highest BCUT2D eigenvalue weighted by Crippen LogP contribution is 2.45. The number of amides is 1. The van der Waals surface area contributed by atoms with Gasteiger partial charge in [0.2, 0.25) is 5.91 Å². The molecule has 1 aromatic rings. The number of rotatable bonds is 6. The van der Waals surface area contributed by atoms with E-state index >= 15 is 0 Å². The van der Waals surface area contributed by atoms with Crippen LogP contribution in [0.4, 0.5) is 5.00 Å². The van der Waals surface area contributed by atoms with Crippen molar-refractivity contribution >= 4 is 40.8 Å². The number of nitrogens with one attached hydrogen (secondary N) is 1. The van der Waals surface area contributed by atoms with Crippen LogP contribution in [0.15, 0.2) is 6.07 Å². The summed E-state index contributed by atoms with van der Waals surface area (Å²) in [5, 5.41) is 3.53. The van der Waals surface area contributed by atoms with Gasteiger partial charge < -0.3 is 10.1 Å². The molecule has 104 valence electrons. The topological polar surface area (TPSA) is 55.4 Å². The van der Waals surface area contributed by atoms with Crippen LogP contribution in [0.5, 0.6) is 0 Å². The average Bonchev–Trinajstić information content (AvgIpc) is 3.12. The quantitative estimate of drug-likeness (QED) is 0.627. The van der Waals surface area contributed by atoms with E-state index in [2.05, 4.69) is 17.9 Å². The van der Waals surface area contributed by atoms with Crippen LogP contribution in [0.3, 0.4) is 0 Å². The molecule has 1 fully saturated rings. The van der Waals surface area contributed by atoms with Crippen LogP contribution in [-0.2, 0) is 9.53 Å². The van der Waals surface area contributed by atoms with Crippen molar-refractivity contribution in [3.63, 3.8) is 0 Å². The summed E-state index contributed by atoms with van der Waals surface area (Å²) in [5.41, 5.74) is 1.02. The molecular formula is C13H17NO3S2. The van der Waals surface area contributed by atoms with Crippen molar-refractivity contribution in [2.45, 2.75) is 32.1 Å². The molecule has 0 radical (unpaired) electrons. The number of thiophene rings is 1. The minimum atomic E-state index is -0.288. The van der Waals surface area contributed by atoms with Gasteiger partial charge in [-0.1, -0.05) is 0 Å². The maximum absolute atomic E-state index is 11.9. The Morgan fingerprint density at radius 3 is 2.84 bits per heavy atom. The highest BCUT2D eigenvalue weighted by molar-refractivity contribution is 7.80. The third-order valence-corrected chi connectivity index (χ3v) is 4.11. The first kappa shape index (κ1) is 14.4. The zero-order chi connectivity index (χ0) is 13.8. The van der Waals surface area contributed by atoms with Gasteiger partial charge >= 0.3 is 5.97 Å². The molecule has 1 aliphatic carbocycles. The summed E-state index contributed by atoms with van der Waals surface area (Å²) in [7, 11) is 0. The van der Waals surface area contributed by atoms with E-state index in [1.54, 1.807) is 6.92 Å². The molecule has 0 spiro atoms. The molecule has 1 heterocycles. The molecule has 0 aromatic carbocycles. The fraction of sp³-hybridized carbons (Fsp3) is 0.538. The Morgan fingerprint density at radius 1 is 1.53 bits per heavy atom. The molecule has 0 bridgehead atoms. The van der Waals surface area contributed by atoms with E-state index in [1.165, 1.54) is 11.3 Å². The summed E-state index contributed by atoms with van der Waals surface area (Å²) in [6.45, 7) is 2.15. The second-order valence-electron chi connectivity index (χ2n) is 4.41. The van der Waals surface area contributed by atoms with E-state index < -0.39 is 0 Å². The van der Waals surface area contributed by atoms with E-state index in [9.17, 15) is 9.59 Å². The number of thiol groups is 1. The largest absolute Gasteiger partial charge is 0.462 e. The van der Waals surface area contributed by atoms with Gasteiger partial charge in [0.25, 0.3) is 0 Å². The fourth-order valence-electron chi connectivity index (χ4n) is 1.82. The van der Waals surface area contributed by atoms with Crippen molar-refractivity contribution in [1.82, 2.24) is 0 Å². The Bertz CT molecular complexity index is 480. The molecule has 0 saturated heterocycles. The van der Waals surface area contributed by atoms with Gasteiger partial charge in [0.15, 0.2) is 0 Å². The maximum Gasteiger partial charge on any atom is 0.348 e. The van der Waals surface area contributed by atoms with Gasteiger partial charge in [-0.2, -0.15) is 12.6 Å². The molecule has 1 N–H and O–H groups in total. The Balaban J connectivity index is 2.15. The number of carbonyl (C=O) groups is 2. The maximum atomic E-state index is 11.9. The van der Waals surface area contributed by atoms with Gasteiger partial charge in [-0.05, 0) is 43.1 Å². The van der Waals surface area contributed by atoms with Crippen LogP contribution in [-0.4, -0.2) is 24.2 Å². The van der Waals surface area contributed by atoms with E-state index in [0.717, 1.165) is 23.4 Å². The molecule has 1 aromatic heterocycles. The molecule has 2 rings (SSSR count). The van der Waals surface area contributed by atoms with Crippen LogP contribution in [0, 0.1) is 0 Å². The average molecular weight is 299 g/mol. The summed E-state index contributed by atoms with van der Waals surface area (Å²) in [6.07, 6.45) is 2.58. The molecule has 0 atom stereocenters. The first-order valence-electron chi connectivity index (χ1n) is 6.37. The lowest BCUT2D eigenvalue weighted by Crippen LogP contribution is -2.10. The van der Waals surface area contributed by atoms with E-state index in [1.807, 2.05) is 6.07 Å². The number of esters is 1. The molecule has 1 aliphatic rings. The summed E-state index contributed by atoms with van der Waals surface area (Å²) in [6, 6.07) is 1.91. The predicted molar refractivity (Wildman–Crippen MR) is 79.4 cm³/mol. The summed E-state index contributed by atoms with van der Waals surface area (Å²) in [4.78, 5) is 24.1. The van der Waals surface area contributed by atoms with Gasteiger partial charge in [-0.15, -0.1) is 11.3 Å². The highest BCUT2D eigenvalue weighted by atomic mass is 32.1. The zero-order valence-corrected chi connectivity index (χ0v) is 12.5. The van der Waals surface area contributed by atoms with Gasteiger partial charge in [-0.25, -0.2) is 4.79 Å². The fourth-order valence-corrected chi connectivity index (χ4v) is 3.08. The van der Waals surface area contributed by atoms with Crippen LogP contribution in [0.2, 0.25) is 0 Å². The SMILES string of the molecule is CCOC(=O)c1sc(NC(=O)CCS)cc1C1CC1. The molecule has 1 amide bonds. The highest BCUT2D eigenvalue weighted by Gasteiger charge is 2.31. The van der Waals surface area contributed by atoms with E-state index in [4.69, 9.17) is 4.74 Å². The smallest absolute Gasteiger partial charge is 0.348 e. The summed E-state index contributed by atoms with van der Waals surface area (Å²) < 4.78 is 5.06. The lowest BCUT2D eigenvalue weighted by molar-refractivity contribution is -0.115. The van der Waals surface area contributed by atoms with Gasteiger partial charge in [-0.3, -0.25) is 4.79 Å². The molecule has 0 unspecified atom stereocenters. The predicted octanol–water partition coefficient (Wildman–Crippen LogP) is 3.06. The Kier molecular flexibility index (Phi) is 4.87.